The Labute approximate surface area is 137 Å². The van der Waals surface area contributed by atoms with Gasteiger partial charge >= 0.3 is 0 Å². The lowest BCUT2D eigenvalue weighted by Gasteiger charge is -2.29. The molecule has 0 aromatic carbocycles. The zero-order valence-corrected chi connectivity index (χ0v) is 15.6. The average molecular weight is 410 g/mol. The minimum atomic E-state index is 0.362. The van der Waals surface area contributed by atoms with Gasteiger partial charge in [-0.3, -0.25) is 4.90 Å². The molecule has 2 nitrogen and oxygen atoms in total. The number of thiophene rings is 1. The van der Waals surface area contributed by atoms with Crippen LogP contribution in [0.5, 0.6) is 0 Å². The minimum absolute atomic E-state index is 0.362. The molecule has 19 heavy (non-hydrogen) atoms. The molecule has 1 aromatic rings. The van der Waals surface area contributed by atoms with E-state index in [0.29, 0.717) is 18.0 Å². The number of nitrogens with two attached hydrogens (primary N) is 1. The van der Waals surface area contributed by atoms with E-state index < -0.39 is 0 Å². The normalized spacial score (nSPS) is 22.2. The van der Waals surface area contributed by atoms with Crippen molar-refractivity contribution in [2.45, 2.75) is 39.2 Å². The van der Waals surface area contributed by atoms with E-state index >= 15 is 0 Å². The Morgan fingerprint density at radius 2 is 2.11 bits per heavy atom. The Bertz CT molecular complexity index is 412. The van der Waals surface area contributed by atoms with Crippen LogP contribution in [-0.2, 0) is 0 Å². The van der Waals surface area contributed by atoms with Crippen LogP contribution in [0.3, 0.4) is 0 Å². The Hall–Kier alpha value is 0.580. The molecule has 2 heterocycles. The SMILES string of the molecule is CC1(C)CCCN(C(CN)c2cc(Br)c(Br)s2)CC1. The maximum atomic E-state index is 6.05. The Kier molecular flexibility index (Phi) is 5.51. The van der Waals surface area contributed by atoms with Crippen LogP contribution in [0.15, 0.2) is 14.3 Å². The monoisotopic (exact) mass is 408 g/mol. The van der Waals surface area contributed by atoms with Gasteiger partial charge in [0.05, 0.1) is 9.83 Å². The molecule has 2 N–H and O–H groups in total. The van der Waals surface area contributed by atoms with Gasteiger partial charge in [-0.2, -0.15) is 0 Å². The largest absolute Gasteiger partial charge is 0.329 e. The van der Waals surface area contributed by atoms with Crippen LogP contribution in [0.1, 0.15) is 44.0 Å². The van der Waals surface area contributed by atoms with Crippen LogP contribution < -0.4 is 5.73 Å². The maximum absolute atomic E-state index is 6.05. The van der Waals surface area contributed by atoms with Gasteiger partial charge in [0.2, 0.25) is 0 Å². The van der Waals surface area contributed by atoms with Crippen molar-refractivity contribution in [2.24, 2.45) is 11.1 Å². The van der Waals surface area contributed by atoms with E-state index in [1.807, 2.05) is 0 Å². The third kappa shape index (κ3) is 4.03. The molecule has 108 valence electrons. The van der Waals surface area contributed by atoms with Gasteiger partial charge in [0.1, 0.15) is 0 Å². The first kappa shape index (κ1) is 16.0. The van der Waals surface area contributed by atoms with Gasteiger partial charge in [-0.15, -0.1) is 11.3 Å². The number of hydrogen-bond donors (Lipinski definition) is 1. The fraction of sp³-hybridized carbons (Fsp3) is 0.714. The average Bonchev–Trinajstić information content (AvgIpc) is 2.56. The van der Waals surface area contributed by atoms with Crippen LogP contribution in [0, 0.1) is 5.41 Å². The van der Waals surface area contributed by atoms with Gasteiger partial charge in [0.15, 0.2) is 0 Å². The van der Waals surface area contributed by atoms with Gasteiger partial charge < -0.3 is 5.73 Å². The molecule has 1 atom stereocenters. The topological polar surface area (TPSA) is 29.3 Å². The summed E-state index contributed by atoms with van der Waals surface area (Å²) in [5, 5.41) is 0. The zero-order chi connectivity index (χ0) is 14.0. The number of rotatable bonds is 3. The van der Waals surface area contributed by atoms with Crippen LogP contribution in [0.25, 0.3) is 0 Å². The first-order chi connectivity index (χ1) is 8.93. The van der Waals surface area contributed by atoms with Crippen molar-refractivity contribution in [3.63, 3.8) is 0 Å². The smallest absolute Gasteiger partial charge is 0.0843 e. The lowest BCUT2D eigenvalue weighted by atomic mass is 9.85. The Morgan fingerprint density at radius 3 is 2.68 bits per heavy atom. The fourth-order valence-electron chi connectivity index (χ4n) is 2.73. The van der Waals surface area contributed by atoms with Gasteiger partial charge in [0.25, 0.3) is 0 Å². The fourth-order valence-corrected chi connectivity index (χ4v) is 4.97. The second-order valence-corrected chi connectivity index (χ2v) is 9.33. The quantitative estimate of drug-likeness (QED) is 0.777. The summed E-state index contributed by atoms with van der Waals surface area (Å²) in [7, 11) is 0. The van der Waals surface area contributed by atoms with Crippen molar-refractivity contribution in [3.8, 4) is 0 Å². The van der Waals surface area contributed by atoms with Crippen LogP contribution in [0.2, 0.25) is 0 Å². The van der Waals surface area contributed by atoms with Crippen LogP contribution in [0.4, 0.5) is 0 Å². The summed E-state index contributed by atoms with van der Waals surface area (Å²) in [5.74, 6) is 0. The highest BCUT2D eigenvalue weighted by Crippen LogP contribution is 2.39. The van der Waals surface area contributed by atoms with Crippen molar-refractivity contribution in [2.75, 3.05) is 19.6 Å². The lowest BCUT2D eigenvalue weighted by molar-refractivity contribution is 0.202. The second kappa shape index (κ2) is 6.56. The molecule has 5 heteroatoms. The van der Waals surface area contributed by atoms with E-state index in [1.54, 1.807) is 11.3 Å². The van der Waals surface area contributed by atoms with Crippen molar-refractivity contribution >= 4 is 43.2 Å². The molecular formula is C14H22Br2N2S. The van der Waals surface area contributed by atoms with Gasteiger partial charge in [-0.05, 0) is 75.7 Å². The highest BCUT2D eigenvalue weighted by atomic mass is 79.9. The molecule has 0 saturated carbocycles. The van der Waals surface area contributed by atoms with E-state index in [1.165, 1.54) is 30.7 Å². The summed E-state index contributed by atoms with van der Waals surface area (Å²) >= 11 is 8.95. The van der Waals surface area contributed by atoms with Crippen molar-refractivity contribution in [1.29, 1.82) is 0 Å². The summed E-state index contributed by atoms with van der Waals surface area (Å²) in [4.78, 5) is 3.93. The van der Waals surface area contributed by atoms with Crippen LogP contribution in [-0.4, -0.2) is 24.5 Å². The predicted octanol–water partition coefficient (Wildman–Crippen LogP) is 4.79. The molecule has 0 spiro atoms. The molecule has 1 aliphatic rings. The summed E-state index contributed by atoms with van der Waals surface area (Å²) in [6.45, 7) is 7.78. The first-order valence-electron chi connectivity index (χ1n) is 6.82. The van der Waals surface area contributed by atoms with E-state index in [9.17, 15) is 0 Å². The highest BCUT2D eigenvalue weighted by molar-refractivity contribution is 9.13. The Balaban J connectivity index is 2.13. The zero-order valence-electron chi connectivity index (χ0n) is 11.6. The summed E-state index contributed by atoms with van der Waals surface area (Å²) in [6.07, 6.45) is 3.85. The first-order valence-corrected chi connectivity index (χ1v) is 9.22. The van der Waals surface area contributed by atoms with Gasteiger partial charge in [-0.1, -0.05) is 13.8 Å². The van der Waals surface area contributed by atoms with Gasteiger partial charge in [0, 0.05) is 15.9 Å². The van der Waals surface area contributed by atoms with E-state index in [0.717, 1.165) is 14.8 Å². The highest BCUT2D eigenvalue weighted by Gasteiger charge is 2.28. The molecule has 0 amide bonds. The molecule has 0 radical (unpaired) electrons. The molecule has 1 unspecified atom stereocenters. The predicted molar refractivity (Wildman–Crippen MR) is 90.7 cm³/mol. The number of halogens is 2. The van der Waals surface area contributed by atoms with E-state index in [4.69, 9.17) is 5.73 Å². The molecule has 1 fully saturated rings. The Morgan fingerprint density at radius 1 is 1.37 bits per heavy atom. The molecular weight excluding hydrogens is 388 g/mol. The molecule has 1 aliphatic heterocycles. The van der Waals surface area contributed by atoms with E-state index in [-0.39, 0.29) is 0 Å². The lowest BCUT2D eigenvalue weighted by Crippen LogP contribution is -2.34. The molecule has 1 saturated heterocycles. The third-order valence-electron chi connectivity index (χ3n) is 4.03. The molecule has 1 aromatic heterocycles. The second-order valence-electron chi connectivity index (χ2n) is 6.08. The summed E-state index contributed by atoms with van der Waals surface area (Å²) < 4.78 is 2.30. The van der Waals surface area contributed by atoms with E-state index in [2.05, 4.69) is 56.7 Å². The minimum Gasteiger partial charge on any atom is -0.329 e. The van der Waals surface area contributed by atoms with Crippen molar-refractivity contribution in [3.05, 3.63) is 19.2 Å². The third-order valence-corrected chi connectivity index (χ3v) is 7.39. The standard InChI is InChI=1S/C14H22Br2N2S/c1-14(2)4-3-6-18(7-5-14)11(9-17)12-8-10(15)13(16)19-12/h8,11H,3-7,9,17H2,1-2H3. The number of likely N-dealkylation sites (tertiary alicyclic amines) is 1. The molecule has 0 bridgehead atoms. The summed E-state index contributed by atoms with van der Waals surface area (Å²) in [6, 6.07) is 2.57. The number of hydrogen-bond acceptors (Lipinski definition) is 3. The van der Waals surface area contributed by atoms with Crippen molar-refractivity contribution in [1.82, 2.24) is 4.90 Å². The number of nitrogens with zero attached hydrogens (tertiary/aromatic N) is 1. The van der Waals surface area contributed by atoms with Crippen LogP contribution >= 0.6 is 43.2 Å². The summed E-state index contributed by atoms with van der Waals surface area (Å²) in [5.41, 5.74) is 6.52. The van der Waals surface area contributed by atoms with Crippen molar-refractivity contribution < 1.29 is 0 Å². The molecule has 0 aliphatic carbocycles. The maximum Gasteiger partial charge on any atom is 0.0843 e. The molecule has 2 rings (SSSR count). The van der Waals surface area contributed by atoms with Gasteiger partial charge in [-0.25, -0.2) is 0 Å².